The Labute approximate surface area is 169 Å². The summed E-state index contributed by atoms with van der Waals surface area (Å²) in [6, 6.07) is 2.42. The number of imidazole rings is 1. The van der Waals surface area contributed by atoms with Crippen LogP contribution in [0.15, 0.2) is 31.1 Å². The number of rotatable bonds is 4. The normalized spacial score (nSPS) is 23.5. The molecule has 29 heavy (non-hydrogen) atoms. The molecule has 0 aromatic carbocycles. The molecule has 3 aromatic rings. The number of carbonyl (C=O) groups is 1. The van der Waals surface area contributed by atoms with Gasteiger partial charge in [0.1, 0.15) is 17.8 Å². The zero-order chi connectivity index (χ0) is 20.0. The van der Waals surface area contributed by atoms with Crippen LogP contribution in [0.25, 0.3) is 11.0 Å². The fourth-order valence-electron chi connectivity index (χ4n) is 4.85. The Morgan fingerprint density at radius 2 is 2.07 bits per heavy atom. The lowest BCUT2D eigenvalue weighted by molar-refractivity contribution is 0.218. The molecule has 2 aliphatic rings. The molecule has 5 rings (SSSR count). The zero-order valence-corrected chi connectivity index (χ0v) is 16.7. The fourth-order valence-corrected chi connectivity index (χ4v) is 4.85. The first-order valence-electron chi connectivity index (χ1n) is 10.2. The summed E-state index contributed by atoms with van der Waals surface area (Å²) >= 11 is 0. The van der Waals surface area contributed by atoms with Gasteiger partial charge in [0, 0.05) is 45.1 Å². The van der Waals surface area contributed by atoms with E-state index in [1.165, 1.54) is 0 Å². The zero-order valence-electron chi connectivity index (χ0n) is 16.7. The summed E-state index contributed by atoms with van der Waals surface area (Å²) in [4.78, 5) is 33.1. The topological polar surface area (TPSA) is 95.0 Å². The summed E-state index contributed by atoms with van der Waals surface area (Å²) in [5, 5.41) is 3.98. The first-order valence-corrected chi connectivity index (χ1v) is 10.2. The number of likely N-dealkylation sites (tertiary alicyclic amines) is 1. The molecular weight excluding hydrogens is 368 g/mol. The number of hydrogen-bond acceptors (Lipinski definition) is 5. The van der Waals surface area contributed by atoms with Crippen molar-refractivity contribution in [3.63, 3.8) is 0 Å². The molecule has 152 valence electrons. The Morgan fingerprint density at radius 1 is 1.28 bits per heavy atom. The number of amides is 2. The number of aromatic amines is 1. The summed E-state index contributed by atoms with van der Waals surface area (Å²) < 4.78 is 1.95. The second kappa shape index (κ2) is 7.06. The van der Waals surface area contributed by atoms with Gasteiger partial charge in [-0.2, -0.15) is 0 Å². The molecule has 1 aliphatic heterocycles. The summed E-state index contributed by atoms with van der Waals surface area (Å²) in [6.07, 6.45) is 9.27. The van der Waals surface area contributed by atoms with Crippen molar-refractivity contribution < 1.29 is 4.79 Å². The Balaban J connectivity index is 1.21. The van der Waals surface area contributed by atoms with E-state index in [-0.39, 0.29) is 6.03 Å². The Hall–Kier alpha value is -3.10. The van der Waals surface area contributed by atoms with Crippen molar-refractivity contribution in [3.8, 4) is 0 Å². The molecule has 9 nitrogen and oxygen atoms in total. The Bertz CT molecular complexity index is 1010. The predicted octanol–water partition coefficient (Wildman–Crippen LogP) is 2.55. The van der Waals surface area contributed by atoms with Gasteiger partial charge >= 0.3 is 6.03 Å². The molecule has 0 spiro atoms. The minimum absolute atomic E-state index is 0.0458. The molecule has 1 saturated carbocycles. The van der Waals surface area contributed by atoms with E-state index in [2.05, 4.69) is 37.2 Å². The van der Waals surface area contributed by atoms with E-state index in [4.69, 9.17) is 0 Å². The van der Waals surface area contributed by atoms with E-state index in [1.54, 1.807) is 12.7 Å². The number of aromatic nitrogens is 5. The molecule has 2 unspecified atom stereocenters. The summed E-state index contributed by atoms with van der Waals surface area (Å²) in [5.41, 5.74) is 0.869. The minimum Gasteiger partial charge on any atom is -0.356 e. The standard InChI is InChI=1S/C20H26N8O/c1-3-27-10-17(24-12-27)25-20(29)28-8-13-6-15(7-14(13)9-28)26(2)19-16-4-5-21-18(16)22-11-23-19/h4-5,10-15H,3,6-9H2,1-2H3,(H,25,29)(H,21,22,23). The molecule has 2 atom stereocenters. The van der Waals surface area contributed by atoms with Gasteiger partial charge in [-0.25, -0.2) is 19.7 Å². The third kappa shape index (κ3) is 3.20. The lowest BCUT2D eigenvalue weighted by Gasteiger charge is -2.28. The number of hydrogen-bond donors (Lipinski definition) is 2. The molecule has 4 heterocycles. The predicted molar refractivity (Wildman–Crippen MR) is 111 cm³/mol. The number of carbonyl (C=O) groups excluding carboxylic acids is 1. The van der Waals surface area contributed by atoms with Crippen LogP contribution in [0.4, 0.5) is 16.4 Å². The third-order valence-corrected chi connectivity index (χ3v) is 6.46. The molecule has 1 saturated heterocycles. The van der Waals surface area contributed by atoms with Crippen LogP contribution >= 0.6 is 0 Å². The fraction of sp³-hybridized carbons (Fsp3) is 0.500. The van der Waals surface area contributed by atoms with Crippen LogP contribution < -0.4 is 10.2 Å². The number of aryl methyl sites for hydroxylation is 1. The van der Waals surface area contributed by atoms with Crippen LogP contribution in [0.3, 0.4) is 0 Å². The highest BCUT2D eigenvalue weighted by molar-refractivity contribution is 5.88. The number of anilines is 2. The number of nitrogens with zero attached hydrogens (tertiary/aromatic N) is 6. The van der Waals surface area contributed by atoms with Crippen LogP contribution in [-0.4, -0.2) is 61.6 Å². The number of H-pyrrole nitrogens is 1. The highest BCUT2D eigenvalue weighted by atomic mass is 16.2. The van der Waals surface area contributed by atoms with Crippen LogP contribution in [0, 0.1) is 11.8 Å². The van der Waals surface area contributed by atoms with Crippen LogP contribution in [0.2, 0.25) is 0 Å². The molecule has 2 N–H and O–H groups in total. The molecule has 2 amide bonds. The van der Waals surface area contributed by atoms with E-state index in [1.807, 2.05) is 34.9 Å². The molecule has 3 aromatic heterocycles. The maximum absolute atomic E-state index is 12.6. The quantitative estimate of drug-likeness (QED) is 0.709. The van der Waals surface area contributed by atoms with Gasteiger partial charge in [-0.05, 0) is 37.7 Å². The van der Waals surface area contributed by atoms with Crippen LogP contribution in [0.5, 0.6) is 0 Å². The maximum atomic E-state index is 12.6. The van der Waals surface area contributed by atoms with Gasteiger partial charge in [-0.15, -0.1) is 0 Å². The van der Waals surface area contributed by atoms with Gasteiger partial charge in [0.2, 0.25) is 0 Å². The van der Waals surface area contributed by atoms with Crippen molar-refractivity contribution >= 4 is 28.7 Å². The average Bonchev–Trinajstić information content (AvgIpc) is 3.48. The summed E-state index contributed by atoms with van der Waals surface area (Å²) in [5.74, 6) is 2.66. The maximum Gasteiger partial charge on any atom is 0.323 e. The molecule has 0 radical (unpaired) electrons. The SMILES string of the molecule is CCn1cnc(NC(=O)N2CC3CC(N(C)c4ncnc5[nH]ccc45)CC3C2)c1. The van der Waals surface area contributed by atoms with E-state index in [0.29, 0.717) is 23.7 Å². The highest BCUT2D eigenvalue weighted by Gasteiger charge is 2.44. The van der Waals surface area contributed by atoms with Crippen LogP contribution in [0.1, 0.15) is 19.8 Å². The molecule has 2 fully saturated rings. The van der Waals surface area contributed by atoms with Crippen LogP contribution in [-0.2, 0) is 6.54 Å². The van der Waals surface area contributed by atoms with Gasteiger partial charge in [-0.3, -0.25) is 5.32 Å². The van der Waals surface area contributed by atoms with E-state index < -0.39 is 0 Å². The van der Waals surface area contributed by atoms with E-state index >= 15 is 0 Å². The lowest BCUT2D eigenvalue weighted by atomic mass is 10.0. The Kier molecular flexibility index (Phi) is 4.37. The van der Waals surface area contributed by atoms with Crippen molar-refractivity contribution in [2.75, 3.05) is 30.4 Å². The lowest BCUT2D eigenvalue weighted by Crippen LogP contribution is -2.36. The van der Waals surface area contributed by atoms with E-state index in [9.17, 15) is 4.79 Å². The van der Waals surface area contributed by atoms with Gasteiger partial charge < -0.3 is 19.4 Å². The van der Waals surface area contributed by atoms with Gasteiger partial charge in [0.05, 0.1) is 11.7 Å². The second-order valence-electron chi connectivity index (χ2n) is 8.12. The minimum atomic E-state index is -0.0458. The monoisotopic (exact) mass is 394 g/mol. The third-order valence-electron chi connectivity index (χ3n) is 6.46. The second-order valence-corrected chi connectivity index (χ2v) is 8.12. The molecular formula is C20H26N8O. The van der Waals surface area contributed by atoms with Gasteiger partial charge in [0.25, 0.3) is 0 Å². The van der Waals surface area contributed by atoms with Gasteiger partial charge in [-0.1, -0.05) is 0 Å². The van der Waals surface area contributed by atoms with Crippen molar-refractivity contribution in [2.45, 2.75) is 32.4 Å². The molecule has 9 heteroatoms. The number of nitrogens with one attached hydrogen (secondary N) is 2. The van der Waals surface area contributed by atoms with Crippen molar-refractivity contribution in [2.24, 2.45) is 11.8 Å². The summed E-state index contributed by atoms with van der Waals surface area (Å²) in [6.45, 7) is 4.50. The van der Waals surface area contributed by atoms with Crippen molar-refractivity contribution in [1.82, 2.24) is 29.4 Å². The first kappa shape index (κ1) is 18.0. The largest absolute Gasteiger partial charge is 0.356 e. The van der Waals surface area contributed by atoms with Crippen molar-refractivity contribution in [1.29, 1.82) is 0 Å². The number of urea groups is 1. The number of fused-ring (bicyclic) bond motifs is 2. The molecule has 0 bridgehead atoms. The van der Waals surface area contributed by atoms with E-state index in [0.717, 1.165) is 49.3 Å². The highest BCUT2D eigenvalue weighted by Crippen LogP contribution is 2.41. The van der Waals surface area contributed by atoms with Gasteiger partial charge in [0.15, 0.2) is 5.82 Å². The first-order chi connectivity index (χ1) is 14.1. The smallest absolute Gasteiger partial charge is 0.323 e. The summed E-state index contributed by atoms with van der Waals surface area (Å²) in [7, 11) is 2.12. The average molecular weight is 394 g/mol. The Morgan fingerprint density at radius 3 is 2.79 bits per heavy atom. The van der Waals surface area contributed by atoms with Crippen molar-refractivity contribution in [3.05, 3.63) is 31.1 Å². The molecule has 1 aliphatic carbocycles.